The summed E-state index contributed by atoms with van der Waals surface area (Å²) in [5.41, 5.74) is 7.36. The van der Waals surface area contributed by atoms with Gasteiger partial charge in [-0.25, -0.2) is 0 Å². The molecule has 1 heterocycles. The number of aliphatic carboxylic acids is 1. The predicted octanol–water partition coefficient (Wildman–Crippen LogP) is 1.80. The summed E-state index contributed by atoms with van der Waals surface area (Å²) in [6, 6.07) is 8.72. The van der Waals surface area contributed by atoms with Crippen molar-refractivity contribution < 1.29 is 9.90 Å². The number of benzene rings is 1. The number of carbonyl (C=O) groups is 1. The summed E-state index contributed by atoms with van der Waals surface area (Å²) in [5.74, 6) is -0.900. The van der Waals surface area contributed by atoms with Gasteiger partial charge < -0.3 is 10.8 Å². The average molecular weight is 262 g/mol. The average Bonchev–Trinajstić information content (AvgIpc) is 2.82. The molecule has 0 aromatic heterocycles. The van der Waals surface area contributed by atoms with Crippen LogP contribution in [0.1, 0.15) is 37.4 Å². The van der Waals surface area contributed by atoms with Gasteiger partial charge in [-0.3, -0.25) is 9.69 Å². The van der Waals surface area contributed by atoms with Crippen molar-refractivity contribution in [2.45, 2.75) is 38.3 Å². The molecule has 4 nitrogen and oxygen atoms in total. The molecule has 4 heteroatoms. The first-order valence-electron chi connectivity index (χ1n) is 6.81. The maximum atomic E-state index is 11.2. The Bertz CT molecular complexity index is 458. The van der Waals surface area contributed by atoms with E-state index in [2.05, 4.69) is 43.0 Å². The van der Waals surface area contributed by atoms with Gasteiger partial charge in [-0.15, -0.1) is 0 Å². The van der Waals surface area contributed by atoms with E-state index in [4.69, 9.17) is 10.8 Å². The van der Waals surface area contributed by atoms with Crippen LogP contribution in [0.2, 0.25) is 0 Å². The lowest BCUT2D eigenvalue weighted by Gasteiger charge is -2.26. The fourth-order valence-corrected chi connectivity index (χ4v) is 2.61. The number of carboxylic acids is 1. The molecular weight excluding hydrogens is 240 g/mol. The smallest absolute Gasteiger partial charge is 0.325 e. The number of likely N-dealkylation sites (tertiary alicyclic amines) is 1. The summed E-state index contributed by atoms with van der Waals surface area (Å²) in [5, 5.41) is 9.16. The zero-order valence-corrected chi connectivity index (χ0v) is 11.6. The third kappa shape index (κ3) is 2.80. The van der Waals surface area contributed by atoms with Crippen molar-refractivity contribution >= 4 is 5.97 Å². The third-order valence-corrected chi connectivity index (χ3v) is 4.17. The number of carboxylic acid groups (broad SMARTS) is 1. The summed E-state index contributed by atoms with van der Waals surface area (Å²) in [7, 11) is 0. The predicted molar refractivity (Wildman–Crippen MR) is 75.0 cm³/mol. The largest absolute Gasteiger partial charge is 0.480 e. The Hall–Kier alpha value is -1.39. The molecule has 0 saturated carbocycles. The van der Waals surface area contributed by atoms with Crippen molar-refractivity contribution in [3.8, 4) is 0 Å². The van der Waals surface area contributed by atoms with Crippen LogP contribution in [0.5, 0.6) is 0 Å². The molecule has 104 valence electrons. The molecule has 1 aliphatic heterocycles. The quantitative estimate of drug-likeness (QED) is 0.868. The number of hydrogen-bond donors (Lipinski definition) is 2. The molecule has 0 spiro atoms. The van der Waals surface area contributed by atoms with E-state index in [1.165, 1.54) is 11.1 Å². The van der Waals surface area contributed by atoms with Gasteiger partial charge in [0, 0.05) is 19.1 Å². The molecule has 19 heavy (non-hydrogen) atoms. The van der Waals surface area contributed by atoms with Crippen molar-refractivity contribution in [3.05, 3.63) is 35.4 Å². The van der Waals surface area contributed by atoms with Crippen molar-refractivity contribution in [1.29, 1.82) is 0 Å². The molecule has 2 unspecified atom stereocenters. The van der Waals surface area contributed by atoms with Crippen LogP contribution in [-0.4, -0.2) is 34.6 Å². The maximum absolute atomic E-state index is 11.2. The minimum atomic E-state index is -1.09. The first-order valence-corrected chi connectivity index (χ1v) is 6.81. The van der Waals surface area contributed by atoms with Gasteiger partial charge in [0.2, 0.25) is 0 Å². The van der Waals surface area contributed by atoms with E-state index in [0.717, 1.165) is 13.0 Å². The van der Waals surface area contributed by atoms with Gasteiger partial charge in [0.25, 0.3) is 0 Å². The highest BCUT2D eigenvalue weighted by Crippen LogP contribution is 2.28. The first kappa shape index (κ1) is 14.0. The first-order chi connectivity index (χ1) is 8.96. The molecule has 0 bridgehead atoms. The number of aryl methyl sites for hydroxylation is 1. The molecular formula is C15H22N2O2. The van der Waals surface area contributed by atoms with Gasteiger partial charge in [-0.05, 0) is 30.9 Å². The van der Waals surface area contributed by atoms with Crippen LogP contribution in [0, 0.1) is 0 Å². The highest BCUT2D eigenvalue weighted by Gasteiger charge is 2.42. The number of rotatable bonds is 4. The van der Waals surface area contributed by atoms with Crippen LogP contribution in [0.4, 0.5) is 0 Å². The van der Waals surface area contributed by atoms with Gasteiger partial charge in [0.1, 0.15) is 5.54 Å². The highest BCUT2D eigenvalue weighted by atomic mass is 16.4. The second-order valence-electron chi connectivity index (χ2n) is 5.45. The van der Waals surface area contributed by atoms with Crippen molar-refractivity contribution in [2.24, 2.45) is 5.73 Å². The number of nitrogens with two attached hydrogens (primary N) is 1. The van der Waals surface area contributed by atoms with Crippen LogP contribution in [0.3, 0.4) is 0 Å². The molecule has 1 aromatic rings. The van der Waals surface area contributed by atoms with Gasteiger partial charge in [0.15, 0.2) is 0 Å². The van der Waals surface area contributed by atoms with Crippen molar-refractivity contribution in [2.75, 3.05) is 13.1 Å². The lowest BCUT2D eigenvalue weighted by atomic mass is 10.0. The Morgan fingerprint density at radius 2 is 2.11 bits per heavy atom. The summed E-state index contributed by atoms with van der Waals surface area (Å²) in [6.45, 7) is 5.39. The van der Waals surface area contributed by atoms with Crippen LogP contribution in [0.15, 0.2) is 24.3 Å². The zero-order chi connectivity index (χ0) is 14.0. The van der Waals surface area contributed by atoms with Crippen LogP contribution >= 0.6 is 0 Å². The molecule has 0 aliphatic carbocycles. The minimum absolute atomic E-state index is 0.204. The van der Waals surface area contributed by atoms with Crippen LogP contribution in [-0.2, 0) is 11.2 Å². The number of hydrogen-bond acceptors (Lipinski definition) is 3. The second-order valence-corrected chi connectivity index (χ2v) is 5.45. The summed E-state index contributed by atoms with van der Waals surface area (Å²) < 4.78 is 0. The molecule has 1 fully saturated rings. The Kier molecular flexibility index (Phi) is 3.92. The van der Waals surface area contributed by atoms with Gasteiger partial charge >= 0.3 is 5.97 Å². The Balaban J connectivity index is 2.08. The van der Waals surface area contributed by atoms with E-state index in [1.807, 2.05) is 0 Å². The molecule has 3 N–H and O–H groups in total. The Labute approximate surface area is 114 Å². The van der Waals surface area contributed by atoms with E-state index < -0.39 is 11.5 Å². The monoisotopic (exact) mass is 262 g/mol. The minimum Gasteiger partial charge on any atom is -0.480 e. The fraction of sp³-hybridized carbons (Fsp3) is 0.533. The molecule has 1 aliphatic rings. The zero-order valence-electron chi connectivity index (χ0n) is 11.6. The fourth-order valence-electron chi connectivity index (χ4n) is 2.61. The van der Waals surface area contributed by atoms with Gasteiger partial charge in [-0.1, -0.05) is 31.2 Å². The molecule has 0 radical (unpaired) electrons. The van der Waals surface area contributed by atoms with Crippen molar-refractivity contribution in [1.82, 2.24) is 4.90 Å². The molecule has 0 amide bonds. The lowest BCUT2D eigenvalue weighted by Crippen LogP contribution is -2.50. The van der Waals surface area contributed by atoms with E-state index in [9.17, 15) is 4.79 Å². The normalized spacial score (nSPS) is 25.4. The van der Waals surface area contributed by atoms with Gasteiger partial charge in [-0.2, -0.15) is 0 Å². The topological polar surface area (TPSA) is 66.6 Å². The van der Waals surface area contributed by atoms with E-state index in [1.54, 1.807) is 0 Å². The van der Waals surface area contributed by atoms with Gasteiger partial charge in [0.05, 0.1) is 0 Å². The van der Waals surface area contributed by atoms with Crippen LogP contribution < -0.4 is 5.73 Å². The van der Waals surface area contributed by atoms with Crippen molar-refractivity contribution in [3.63, 3.8) is 0 Å². The standard InChI is InChI=1S/C15H22N2O2/c1-3-12-4-6-13(7-5-12)11(2)17-9-8-15(16,10-17)14(18)19/h4-7,11H,3,8-10,16H2,1-2H3,(H,18,19). The SMILES string of the molecule is CCc1ccc(C(C)N2CCC(N)(C(=O)O)C2)cc1. The van der Waals surface area contributed by atoms with E-state index in [0.29, 0.717) is 13.0 Å². The summed E-state index contributed by atoms with van der Waals surface area (Å²) in [4.78, 5) is 13.3. The molecule has 2 rings (SSSR count). The lowest BCUT2D eigenvalue weighted by molar-refractivity contribution is -0.142. The Morgan fingerprint density at radius 3 is 2.58 bits per heavy atom. The molecule has 1 saturated heterocycles. The second kappa shape index (κ2) is 5.31. The van der Waals surface area contributed by atoms with E-state index >= 15 is 0 Å². The summed E-state index contributed by atoms with van der Waals surface area (Å²) >= 11 is 0. The highest BCUT2D eigenvalue weighted by molar-refractivity contribution is 5.79. The number of nitrogens with zero attached hydrogens (tertiary/aromatic N) is 1. The van der Waals surface area contributed by atoms with E-state index in [-0.39, 0.29) is 6.04 Å². The Morgan fingerprint density at radius 1 is 1.47 bits per heavy atom. The maximum Gasteiger partial charge on any atom is 0.325 e. The molecule has 1 aromatic carbocycles. The molecule has 2 atom stereocenters. The summed E-state index contributed by atoms with van der Waals surface area (Å²) in [6.07, 6.45) is 1.54. The third-order valence-electron chi connectivity index (χ3n) is 4.17. The van der Waals surface area contributed by atoms with Crippen LogP contribution in [0.25, 0.3) is 0 Å².